The third kappa shape index (κ3) is 1.32. The lowest BCUT2D eigenvalue weighted by atomic mass is 10.3. The molecule has 12 heavy (non-hydrogen) atoms. The topological polar surface area (TPSA) is 33.1 Å². The van der Waals surface area contributed by atoms with Crippen LogP contribution in [0.25, 0.3) is 0 Å². The fraction of sp³-hybridized carbons (Fsp3) is 0.167. The molecule has 0 fully saturated rings. The lowest BCUT2D eigenvalue weighted by molar-refractivity contribution is 0.140. The van der Waals surface area contributed by atoms with Crippen LogP contribution < -0.4 is 0 Å². The van der Waals surface area contributed by atoms with Gasteiger partial charge in [0.2, 0.25) is 5.82 Å². The number of hydrogen-bond donors (Lipinski definition) is 1. The summed E-state index contributed by atoms with van der Waals surface area (Å²) in [6, 6.07) is 0. The van der Waals surface area contributed by atoms with Gasteiger partial charge < -0.3 is 5.11 Å². The maximum absolute atomic E-state index is 12.4. The summed E-state index contributed by atoms with van der Waals surface area (Å²) in [5.41, 5.74) is -1.16. The van der Waals surface area contributed by atoms with E-state index in [4.69, 9.17) is 5.11 Å². The largest absolute Gasteiger partial charge is 0.503 e. The van der Waals surface area contributed by atoms with E-state index in [0.717, 1.165) is 0 Å². The normalized spacial score (nSPS) is 10.8. The van der Waals surface area contributed by atoms with Crippen LogP contribution in [-0.2, 0) is 0 Å². The van der Waals surface area contributed by atoms with Crippen molar-refractivity contribution in [2.24, 2.45) is 0 Å². The monoisotopic (exact) mass is 181 g/mol. The summed E-state index contributed by atoms with van der Waals surface area (Å²) in [6.45, 7) is 0. The molecule has 0 bridgehead atoms. The molecule has 0 radical (unpaired) electrons. The zero-order valence-corrected chi connectivity index (χ0v) is 5.56. The molecule has 0 saturated carbocycles. The Hall–Kier alpha value is -1.33. The number of aromatic nitrogens is 1. The summed E-state index contributed by atoms with van der Waals surface area (Å²) in [5, 5.41) is 8.59. The fourth-order valence-corrected chi connectivity index (χ4v) is 0.629. The highest BCUT2D eigenvalue weighted by molar-refractivity contribution is 5.28. The molecule has 0 atom stereocenters. The third-order valence-electron chi connectivity index (χ3n) is 1.18. The van der Waals surface area contributed by atoms with Gasteiger partial charge in [-0.15, -0.1) is 0 Å². The lowest BCUT2D eigenvalue weighted by Crippen LogP contribution is -1.96. The number of rotatable bonds is 1. The molecule has 0 aliphatic rings. The smallest absolute Gasteiger partial charge is 0.284 e. The van der Waals surface area contributed by atoms with E-state index in [1.54, 1.807) is 0 Å². The van der Waals surface area contributed by atoms with Crippen LogP contribution in [0.2, 0.25) is 0 Å². The number of pyridine rings is 1. The molecule has 1 aromatic heterocycles. The Kier molecular flexibility index (Phi) is 2.16. The number of alkyl halides is 2. The van der Waals surface area contributed by atoms with Crippen LogP contribution in [0.1, 0.15) is 12.1 Å². The number of halogens is 4. The Balaban J connectivity index is 3.27. The van der Waals surface area contributed by atoms with Crippen LogP contribution in [0.5, 0.6) is 5.75 Å². The fourth-order valence-electron chi connectivity index (χ4n) is 0.629. The summed E-state index contributed by atoms with van der Waals surface area (Å²) < 4.78 is 48.2. The zero-order valence-electron chi connectivity index (χ0n) is 5.56. The van der Waals surface area contributed by atoms with E-state index in [0.29, 0.717) is 0 Å². The first-order valence-corrected chi connectivity index (χ1v) is 2.85. The molecule has 0 saturated heterocycles. The Labute approximate surface area is 64.5 Å². The molecule has 0 aliphatic carbocycles. The Morgan fingerprint density at radius 1 is 1.33 bits per heavy atom. The summed E-state index contributed by atoms with van der Waals surface area (Å²) in [6.07, 6.45) is -2.84. The van der Waals surface area contributed by atoms with E-state index < -0.39 is 29.5 Å². The van der Waals surface area contributed by atoms with Gasteiger partial charge in [-0.3, -0.25) is 0 Å². The third-order valence-corrected chi connectivity index (χ3v) is 1.18. The van der Waals surface area contributed by atoms with E-state index >= 15 is 0 Å². The number of nitrogens with zero attached hydrogens (tertiary/aromatic N) is 1. The van der Waals surface area contributed by atoms with Crippen molar-refractivity contribution in [1.82, 2.24) is 4.98 Å². The van der Waals surface area contributed by atoms with Crippen molar-refractivity contribution in [2.75, 3.05) is 0 Å². The maximum atomic E-state index is 12.4. The molecule has 1 aromatic rings. The van der Waals surface area contributed by atoms with Crippen LogP contribution in [0.4, 0.5) is 17.6 Å². The molecule has 0 aliphatic heterocycles. The first kappa shape index (κ1) is 8.76. The Bertz CT molecular complexity index is 302. The van der Waals surface area contributed by atoms with Crippen molar-refractivity contribution >= 4 is 0 Å². The predicted octanol–water partition coefficient (Wildman–Crippen LogP) is 2.00. The highest BCUT2D eigenvalue weighted by atomic mass is 19.3. The number of hydrogen-bond acceptors (Lipinski definition) is 2. The van der Waals surface area contributed by atoms with Gasteiger partial charge in [0.05, 0.1) is 6.20 Å². The van der Waals surface area contributed by atoms with Crippen molar-refractivity contribution in [1.29, 1.82) is 0 Å². The van der Waals surface area contributed by atoms with E-state index in [1.165, 1.54) is 0 Å². The summed E-state index contributed by atoms with van der Waals surface area (Å²) in [5.74, 6) is -4.61. The van der Waals surface area contributed by atoms with E-state index in [9.17, 15) is 17.6 Å². The average molecular weight is 181 g/mol. The molecule has 0 aromatic carbocycles. The molecule has 0 spiro atoms. The van der Waals surface area contributed by atoms with Crippen molar-refractivity contribution in [3.05, 3.63) is 23.5 Å². The van der Waals surface area contributed by atoms with Gasteiger partial charge in [-0.05, 0) is 0 Å². The Morgan fingerprint density at radius 2 is 1.92 bits per heavy atom. The molecule has 1 heterocycles. The van der Waals surface area contributed by atoms with Crippen LogP contribution >= 0.6 is 0 Å². The van der Waals surface area contributed by atoms with Gasteiger partial charge in [-0.25, -0.2) is 18.2 Å². The molecular formula is C6H3F4NO. The molecule has 0 unspecified atom stereocenters. The average Bonchev–Trinajstić information content (AvgIpc) is 2.00. The minimum Gasteiger partial charge on any atom is -0.503 e. The van der Waals surface area contributed by atoms with Gasteiger partial charge in [-0.2, -0.15) is 4.39 Å². The van der Waals surface area contributed by atoms with Gasteiger partial charge in [0.15, 0.2) is 17.3 Å². The minimum atomic E-state index is -3.12. The molecule has 1 N–H and O–H groups in total. The molecule has 1 rings (SSSR count). The van der Waals surface area contributed by atoms with Gasteiger partial charge in [-0.1, -0.05) is 0 Å². The van der Waals surface area contributed by atoms with Crippen molar-refractivity contribution in [3.63, 3.8) is 0 Å². The second kappa shape index (κ2) is 2.96. The standard InChI is InChI=1S/C6H3F4NO/c7-2-1-11-4(6(9)10)5(12)3(2)8/h1,6,12H. The van der Waals surface area contributed by atoms with E-state index in [2.05, 4.69) is 4.98 Å². The second-order valence-electron chi connectivity index (χ2n) is 1.95. The molecule has 6 heteroatoms. The van der Waals surface area contributed by atoms with Crippen molar-refractivity contribution in [3.8, 4) is 5.75 Å². The molecule has 2 nitrogen and oxygen atoms in total. The maximum Gasteiger partial charge on any atom is 0.284 e. The van der Waals surface area contributed by atoms with Crippen molar-refractivity contribution < 1.29 is 22.7 Å². The Morgan fingerprint density at radius 3 is 2.42 bits per heavy atom. The zero-order chi connectivity index (χ0) is 9.30. The minimum absolute atomic E-state index is 0.288. The molecular weight excluding hydrogens is 178 g/mol. The summed E-state index contributed by atoms with van der Waals surface area (Å²) in [4.78, 5) is 2.82. The number of aromatic hydroxyl groups is 1. The van der Waals surface area contributed by atoms with E-state index in [1.807, 2.05) is 0 Å². The van der Waals surface area contributed by atoms with Gasteiger partial charge >= 0.3 is 0 Å². The SMILES string of the molecule is Oc1c(C(F)F)ncc(F)c1F. The van der Waals surface area contributed by atoms with E-state index in [-0.39, 0.29) is 6.20 Å². The molecule has 66 valence electrons. The van der Waals surface area contributed by atoms with Gasteiger partial charge in [0.1, 0.15) is 0 Å². The van der Waals surface area contributed by atoms with Crippen molar-refractivity contribution in [2.45, 2.75) is 6.43 Å². The first-order chi connectivity index (χ1) is 5.54. The first-order valence-electron chi connectivity index (χ1n) is 2.85. The van der Waals surface area contributed by atoms with Crippen LogP contribution in [-0.4, -0.2) is 10.1 Å². The highest BCUT2D eigenvalue weighted by Crippen LogP contribution is 2.28. The van der Waals surface area contributed by atoms with Crippen LogP contribution in [0.15, 0.2) is 6.20 Å². The quantitative estimate of drug-likeness (QED) is 0.672. The van der Waals surface area contributed by atoms with Crippen LogP contribution in [0.3, 0.4) is 0 Å². The molecule has 0 amide bonds. The lowest BCUT2D eigenvalue weighted by Gasteiger charge is -2.02. The summed E-state index contributed by atoms with van der Waals surface area (Å²) in [7, 11) is 0. The predicted molar refractivity (Wildman–Crippen MR) is 30.8 cm³/mol. The summed E-state index contributed by atoms with van der Waals surface area (Å²) >= 11 is 0. The van der Waals surface area contributed by atoms with Gasteiger partial charge in [0, 0.05) is 0 Å². The second-order valence-corrected chi connectivity index (χ2v) is 1.95. The highest BCUT2D eigenvalue weighted by Gasteiger charge is 2.20. The van der Waals surface area contributed by atoms with Gasteiger partial charge in [0.25, 0.3) is 6.43 Å². The van der Waals surface area contributed by atoms with Crippen LogP contribution in [0, 0.1) is 11.6 Å².